The summed E-state index contributed by atoms with van der Waals surface area (Å²) >= 11 is 0. The van der Waals surface area contributed by atoms with Gasteiger partial charge in [-0.2, -0.15) is 4.98 Å². The third-order valence-corrected chi connectivity index (χ3v) is 4.19. The van der Waals surface area contributed by atoms with Crippen LogP contribution in [-0.2, 0) is 6.54 Å². The number of imidazole rings is 1. The van der Waals surface area contributed by atoms with Crippen LogP contribution >= 0.6 is 0 Å². The Bertz CT molecular complexity index is 827. The largest absolute Gasteiger partial charge is 0.461 e. The highest BCUT2D eigenvalue weighted by Gasteiger charge is 2.20. The van der Waals surface area contributed by atoms with E-state index in [1.165, 1.54) is 18.5 Å². The summed E-state index contributed by atoms with van der Waals surface area (Å²) in [6, 6.07) is 6.97. The van der Waals surface area contributed by atoms with Gasteiger partial charge in [0.1, 0.15) is 23.8 Å². The van der Waals surface area contributed by atoms with E-state index in [4.69, 9.17) is 4.74 Å². The third-order valence-electron chi connectivity index (χ3n) is 4.19. The summed E-state index contributed by atoms with van der Waals surface area (Å²) < 4.78 is 21.2. The Morgan fingerprint density at radius 3 is 2.79 bits per heavy atom. The molecular formula is C17H18FN5O. The Morgan fingerprint density at radius 1 is 1.21 bits per heavy atom. The molecule has 1 fully saturated rings. The Morgan fingerprint density at radius 2 is 2.00 bits per heavy atom. The average Bonchev–Trinajstić information content (AvgIpc) is 2.95. The maximum Gasteiger partial charge on any atom is 0.299 e. The summed E-state index contributed by atoms with van der Waals surface area (Å²) in [6.45, 7) is 2.42. The molecule has 124 valence electrons. The van der Waals surface area contributed by atoms with E-state index < -0.39 is 0 Å². The van der Waals surface area contributed by atoms with Gasteiger partial charge in [-0.05, 0) is 43.6 Å². The Labute approximate surface area is 138 Å². The molecule has 6 nitrogen and oxygen atoms in total. The van der Waals surface area contributed by atoms with Crippen molar-refractivity contribution in [1.29, 1.82) is 0 Å². The van der Waals surface area contributed by atoms with E-state index in [-0.39, 0.29) is 11.9 Å². The monoisotopic (exact) mass is 327 g/mol. The van der Waals surface area contributed by atoms with Gasteiger partial charge >= 0.3 is 0 Å². The number of nitrogens with zero attached hydrogens (tertiary/aromatic N) is 4. The highest BCUT2D eigenvalue weighted by Crippen LogP contribution is 2.23. The van der Waals surface area contributed by atoms with Gasteiger partial charge in [-0.3, -0.25) is 4.57 Å². The molecule has 0 unspecified atom stereocenters. The molecule has 1 saturated heterocycles. The number of hydrogen-bond acceptors (Lipinski definition) is 5. The van der Waals surface area contributed by atoms with Gasteiger partial charge < -0.3 is 10.1 Å². The van der Waals surface area contributed by atoms with Crippen LogP contribution in [0.5, 0.6) is 6.01 Å². The minimum atomic E-state index is -0.247. The smallest absolute Gasteiger partial charge is 0.299 e. The fraction of sp³-hybridized carbons (Fsp3) is 0.353. The zero-order valence-corrected chi connectivity index (χ0v) is 13.2. The zero-order valence-electron chi connectivity index (χ0n) is 13.2. The molecule has 1 N–H and O–H groups in total. The SMILES string of the molecule is Fc1ccc(Cn2c(OC3CCNCC3)nc3cncnc32)cc1. The number of rotatable bonds is 4. The molecule has 0 aliphatic carbocycles. The van der Waals surface area contributed by atoms with Crippen LogP contribution in [0.15, 0.2) is 36.8 Å². The standard InChI is InChI=1S/C17H18FN5O/c18-13-3-1-12(2-4-13)10-23-16-15(9-20-11-21-16)22-17(23)24-14-5-7-19-8-6-14/h1-4,9,11,14,19H,5-8,10H2. The lowest BCUT2D eigenvalue weighted by Gasteiger charge is -2.23. The van der Waals surface area contributed by atoms with E-state index in [9.17, 15) is 4.39 Å². The van der Waals surface area contributed by atoms with Gasteiger partial charge in [0.25, 0.3) is 6.01 Å². The quantitative estimate of drug-likeness (QED) is 0.795. The first-order valence-electron chi connectivity index (χ1n) is 8.07. The van der Waals surface area contributed by atoms with Crippen LogP contribution in [0.2, 0.25) is 0 Å². The fourth-order valence-corrected chi connectivity index (χ4v) is 2.92. The molecule has 2 aromatic heterocycles. The molecule has 0 atom stereocenters. The topological polar surface area (TPSA) is 64.9 Å². The second-order valence-corrected chi connectivity index (χ2v) is 5.91. The van der Waals surface area contributed by atoms with Crippen LogP contribution in [-0.4, -0.2) is 38.7 Å². The number of fused-ring (bicyclic) bond motifs is 1. The van der Waals surface area contributed by atoms with E-state index >= 15 is 0 Å². The van der Waals surface area contributed by atoms with Crippen molar-refractivity contribution in [2.45, 2.75) is 25.5 Å². The first-order chi connectivity index (χ1) is 11.8. The molecule has 3 aromatic rings. The molecule has 24 heavy (non-hydrogen) atoms. The highest BCUT2D eigenvalue weighted by atomic mass is 19.1. The van der Waals surface area contributed by atoms with Crippen molar-refractivity contribution in [2.75, 3.05) is 13.1 Å². The van der Waals surface area contributed by atoms with Crippen LogP contribution in [0.3, 0.4) is 0 Å². The van der Waals surface area contributed by atoms with Gasteiger partial charge in [0.15, 0.2) is 5.65 Å². The van der Waals surface area contributed by atoms with Crippen molar-refractivity contribution in [3.8, 4) is 6.01 Å². The normalized spacial score (nSPS) is 15.7. The van der Waals surface area contributed by atoms with E-state index in [0.717, 1.165) is 37.1 Å². The maximum absolute atomic E-state index is 13.1. The minimum absolute atomic E-state index is 0.142. The minimum Gasteiger partial charge on any atom is -0.461 e. The summed E-state index contributed by atoms with van der Waals surface area (Å²) in [6.07, 6.45) is 5.22. The molecule has 4 rings (SSSR count). The second-order valence-electron chi connectivity index (χ2n) is 5.91. The zero-order chi connectivity index (χ0) is 16.4. The first kappa shape index (κ1) is 15.0. The number of aromatic nitrogens is 4. The molecule has 7 heteroatoms. The molecule has 0 spiro atoms. The number of nitrogens with one attached hydrogen (secondary N) is 1. The number of hydrogen-bond donors (Lipinski definition) is 1. The number of ether oxygens (including phenoxy) is 1. The summed E-state index contributed by atoms with van der Waals surface area (Å²) in [5, 5.41) is 3.32. The number of benzene rings is 1. The highest BCUT2D eigenvalue weighted by molar-refractivity contribution is 5.71. The predicted octanol–water partition coefficient (Wildman–Crippen LogP) is 2.14. The van der Waals surface area contributed by atoms with Gasteiger partial charge in [-0.1, -0.05) is 12.1 Å². The molecule has 1 aromatic carbocycles. The Kier molecular flexibility index (Phi) is 4.08. The van der Waals surface area contributed by atoms with E-state index in [2.05, 4.69) is 20.3 Å². The summed E-state index contributed by atoms with van der Waals surface area (Å²) in [5.74, 6) is -0.247. The van der Waals surface area contributed by atoms with Crippen molar-refractivity contribution in [3.63, 3.8) is 0 Å². The molecule has 1 aliphatic rings. The first-order valence-corrected chi connectivity index (χ1v) is 8.07. The molecule has 0 amide bonds. The van der Waals surface area contributed by atoms with E-state index in [1.807, 2.05) is 4.57 Å². The molecule has 0 bridgehead atoms. The van der Waals surface area contributed by atoms with E-state index in [0.29, 0.717) is 18.1 Å². The lowest BCUT2D eigenvalue weighted by molar-refractivity contribution is 0.144. The summed E-state index contributed by atoms with van der Waals surface area (Å²) in [5.41, 5.74) is 2.38. The molecule has 0 saturated carbocycles. The fourth-order valence-electron chi connectivity index (χ4n) is 2.92. The molecular weight excluding hydrogens is 309 g/mol. The lowest BCUT2D eigenvalue weighted by atomic mass is 10.1. The van der Waals surface area contributed by atoms with Crippen LogP contribution in [0.1, 0.15) is 18.4 Å². The Hall–Kier alpha value is -2.54. The van der Waals surface area contributed by atoms with Gasteiger partial charge in [0, 0.05) is 0 Å². The van der Waals surface area contributed by atoms with Crippen LogP contribution in [0, 0.1) is 5.82 Å². The van der Waals surface area contributed by atoms with Crippen molar-refractivity contribution in [2.24, 2.45) is 0 Å². The van der Waals surface area contributed by atoms with Gasteiger partial charge in [0.2, 0.25) is 0 Å². The molecule has 0 radical (unpaired) electrons. The molecule has 3 heterocycles. The van der Waals surface area contributed by atoms with Gasteiger partial charge in [-0.15, -0.1) is 0 Å². The van der Waals surface area contributed by atoms with E-state index in [1.54, 1.807) is 18.3 Å². The summed E-state index contributed by atoms with van der Waals surface area (Å²) in [7, 11) is 0. The second kappa shape index (κ2) is 6.52. The van der Waals surface area contributed by atoms with Crippen molar-refractivity contribution in [3.05, 3.63) is 48.2 Å². The van der Waals surface area contributed by atoms with Gasteiger partial charge in [0.05, 0.1) is 12.7 Å². The lowest BCUT2D eigenvalue weighted by Crippen LogP contribution is -2.34. The van der Waals surface area contributed by atoms with Crippen molar-refractivity contribution < 1.29 is 9.13 Å². The predicted molar refractivity (Wildman–Crippen MR) is 87.3 cm³/mol. The summed E-state index contributed by atoms with van der Waals surface area (Å²) in [4.78, 5) is 12.9. The third kappa shape index (κ3) is 3.07. The van der Waals surface area contributed by atoms with Crippen molar-refractivity contribution >= 4 is 11.2 Å². The molecule has 1 aliphatic heterocycles. The number of piperidine rings is 1. The van der Waals surface area contributed by atoms with Crippen LogP contribution in [0.4, 0.5) is 4.39 Å². The van der Waals surface area contributed by atoms with Crippen LogP contribution in [0.25, 0.3) is 11.2 Å². The average molecular weight is 327 g/mol. The number of halogens is 1. The van der Waals surface area contributed by atoms with Crippen LogP contribution < -0.4 is 10.1 Å². The Balaban J connectivity index is 1.68. The van der Waals surface area contributed by atoms with Crippen molar-refractivity contribution in [1.82, 2.24) is 24.8 Å². The van der Waals surface area contributed by atoms with Gasteiger partial charge in [-0.25, -0.2) is 14.4 Å². The maximum atomic E-state index is 13.1.